The molecule has 0 saturated carbocycles. The van der Waals surface area contributed by atoms with Crippen LogP contribution in [0.15, 0.2) is 36.4 Å². The largest absolute Gasteiger partial charge is 0.497 e. The molecule has 0 heterocycles. The van der Waals surface area contributed by atoms with E-state index < -0.39 is 10.8 Å². The molecule has 0 spiro atoms. The first-order chi connectivity index (χ1) is 10.4. The number of nitrogens with one attached hydrogen (secondary N) is 1. The van der Waals surface area contributed by atoms with Crippen LogP contribution < -0.4 is 10.1 Å². The predicted octanol–water partition coefficient (Wildman–Crippen LogP) is 4.16. The van der Waals surface area contributed by atoms with Crippen LogP contribution in [0, 0.1) is 10.1 Å². The number of carbonyl (C=O) groups is 1. The van der Waals surface area contributed by atoms with Gasteiger partial charge in [0.1, 0.15) is 5.75 Å². The number of ether oxygens (including phenoxy) is 1. The Labute approximate surface area is 135 Å². The maximum atomic E-state index is 12.2. The summed E-state index contributed by atoms with van der Waals surface area (Å²) in [5, 5.41) is 13.7. The number of anilines is 1. The van der Waals surface area contributed by atoms with E-state index in [4.69, 9.17) is 27.9 Å². The van der Waals surface area contributed by atoms with E-state index >= 15 is 0 Å². The van der Waals surface area contributed by atoms with E-state index in [1.54, 1.807) is 12.1 Å². The van der Waals surface area contributed by atoms with Crippen LogP contribution in [0.2, 0.25) is 10.0 Å². The van der Waals surface area contributed by atoms with Gasteiger partial charge < -0.3 is 10.1 Å². The Morgan fingerprint density at radius 2 is 1.91 bits per heavy atom. The number of methoxy groups -OCH3 is 1. The van der Waals surface area contributed by atoms with Crippen LogP contribution >= 0.6 is 23.2 Å². The summed E-state index contributed by atoms with van der Waals surface area (Å²) in [5.74, 6) is -0.0582. The smallest absolute Gasteiger partial charge is 0.270 e. The number of non-ortho nitro benzene ring substituents is 1. The van der Waals surface area contributed by atoms with Crippen molar-refractivity contribution in [2.24, 2.45) is 0 Å². The zero-order valence-electron chi connectivity index (χ0n) is 11.3. The van der Waals surface area contributed by atoms with E-state index in [-0.39, 0.29) is 21.3 Å². The molecule has 0 saturated heterocycles. The molecule has 0 aromatic heterocycles. The van der Waals surface area contributed by atoms with Crippen molar-refractivity contribution in [3.05, 3.63) is 62.1 Å². The Kier molecular flexibility index (Phi) is 4.85. The highest BCUT2D eigenvalue weighted by molar-refractivity contribution is 6.36. The molecule has 22 heavy (non-hydrogen) atoms. The SMILES string of the molecule is COc1ccc(NC(=O)c2cc([N+](=O)[O-])ccc2Cl)c(Cl)c1. The first-order valence-electron chi connectivity index (χ1n) is 6.01. The van der Waals surface area contributed by atoms with E-state index in [9.17, 15) is 14.9 Å². The molecule has 0 bridgehead atoms. The van der Waals surface area contributed by atoms with Gasteiger partial charge in [-0.1, -0.05) is 23.2 Å². The Morgan fingerprint density at radius 1 is 1.18 bits per heavy atom. The van der Waals surface area contributed by atoms with Crippen LogP contribution in [0.25, 0.3) is 0 Å². The van der Waals surface area contributed by atoms with Crippen LogP contribution in [-0.4, -0.2) is 17.9 Å². The summed E-state index contributed by atoms with van der Waals surface area (Å²) in [7, 11) is 1.49. The van der Waals surface area contributed by atoms with Crippen molar-refractivity contribution in [2.45, 2.75) is 0 Å². The molecule has 2 aromatic rings. The molecule has 1 amide bonds. The van der Waals surface area contributed by atoms with Gasteiger partial charge in [0.25, 0.3) is 11.6 Å². The summed E-state index contributed by atoms with van der Waals surface area (Å²) in [6.45, 7) is 0. The van der Waals surface area contributed by atoms with Gasteiger partial charge >= 0.3 is 0 Å². The fourth-order valence-corrected chi connectivity index (χ4v) is 2.14. The number of rotatable bonds is 4. The monoisotopic (exact) mass is 340 g/mol. The first-order valence-corrected chi connectivity index (χ1v) is 6.77. The minimum absolute atomic E-state index is 0.0113. The summed E-state index contributed by atoms with van der Waals surface area (Å²) in [6, 6.07) is 8.34. The lowest BCUT2D eigenvalue weighted by Gasteiger charge is -2.09. The molecular formula is C14H10Cl2N2O4. The first kappa shape index (κ1) is 16.1. The molecule has 0 atom stereocenters. The van der Waals surface area contributed by atoms with E-state index in [2.05, 4.69) is 5.32 Å². The molecule has 0 fully saturated rings. The maximum absolute atomic E-state index is 12.2. The summed E-state index contributed by atoms with van der Waals surface area (Å²) < 4.78 is 5.01. The van der Waals surface area contributed by atoms with Gasteiger partial charge in [0, 0.05) is 18.2 Å². The molecule has 0 unspecified atom stereocenters. The maximum Gasteiger partial charge on any atom is 0.270 e. The Morgan fingerprint density at radius 3 is 2.50 bits per heavy atom. The number of nitro groups is 1. The van der Waals surface area contributed by atoms with Gasteiger partial charge in [-0.3, -0.25) is 14.9 Å². The minimum atomic E-state index is -0.604. The average Bonchev–Trinajstić information content (AvgIpc) is 2.49. The van der Waals surface area contributed by atoms with Gasteiger partial charge in [-0.05, 0) is 18.2 Å². The molecule has 114 valence electrons. The molecule has 8 heteroatoms. The zero-order valence-corrected chi connectivity index (χ0v) is 12.8. The van der Waals surface area contributed by atoms with Crippen molar-refractivity contribution in [2.75, 3.05) is 12.4 Å². The fourth-order valence-electron chi connectivity index (χ4n) is 1.71. The average molecular weight is 341 g/mol. The van der Waals surface area contributed by atoms with Crippen LogP contribution in [0.3, 0.4) is 0 Å². The summed E-state index contributed by atoms with van der Waals surface area (Å²) >= 11 is 11.9. The summed E-state index contributed by atoms with van der Waals surface area (Å²) in [5.41, 5.74) is 0.105. The number of hydrogen-bond acceptors (Lipinski definition) is 4. The second kappa shape index (κ2) is 6.64. The lowest BCUT2D eigenvalue weighted by molar-refractivity contribution is -0.384. The van der Waals surface area contributed by atoms with E-state index in [1.165, 1.54) is 25.3 Å². The number of nitro benzene ring substituents is 1. The van der Waals surface area contributed by atoms with Crippen LogP contribution in [0.5, 0.6) is 5.75 Å². The molecule has 6 nitrogen and oxygen atoms in total. The Balaban J connectivity index is 2.29. The number of halogens is 2. The highest BCUT2D eigenvalue weighted by Gasteiger charge is 2.17. The van der Waals surface area contributed by atoms with Gasteiger partial charge in [-0.25, -0.2) is 0 Å². The molecule has 0 radical (unpaired) electrons. The highest BCUT2D eigenvalue weighted by atomic mass is 35.5. The third kappa shape index (κ3) is 3.47. The second-order valence-corrected chi connectivity index (χ2v) is 5.04. The highest BCUT2D eigenvalue weighted by Crippen LogP contribution is 2.28. The van der Waals surface area contributed by atoms with Gasteiger partial charge in [0.05, 0.1) is 33.3 Å². The number of amides is 1. The van der Waals surface area contributed by atoms with Crippen LogP contribution in [0.1, 0.15) is 10.4 Å². The predicted molar refractivity (Wildman–Crippen MR) is 84.1 cm³/mol. The molecule has 1 N–H and O–H groups in total. The van der Waals surface area contributed by atoms with Gasteiger partial charge in [-0.15, -0.1) is 0 Å². The topological polar surface area (TPSA) is 81.5 Å². The van der Waals surface area contributed by atoms with Crippen molar-refractivity contribution >= 4 is 40.5 Å². The molecule has 2 aromatic carbocycles. The Hall–Kier alpha value is -2.31. The Bertz CT molecular complexity index is 750. The van der Waals surface area contributed by atoms with Crippen molar-refractivity contribution in [1.29, 1.82) is 0 Å². The standard InChI is InChI=1S/C14H10Cl2N2O4/c1-22-9-3-5-13(12(16)7-9)17-14(19)10-6-8(18(20)21)2-4-11(10)15/h2-7H,1H3,(H,17,19). The van der Waals surface area contributed by atoms with Gasteiger partial charge in [0.15, 0.2) is 0 Å². The van der Waals surface area contributed by atoms with E-state index in [1.807, 2.05) is 0 Å². The third-order valence-electron chi connectivity index (χ3n) is 2.83. The van der Waals surface area contributed by atoms with Crippen molar-refractivity contribution in [3.63, 3.8) is 0 Å². The van der Waals surface area contributed by atoms with Gasteiger partial charge in [0.2, 0.25) is 0 Å². The molecule has 0 aliphatic heterocycles. The van der Waals surface area contributed by atoms with Crippen LogP contribution in [0.4, 0.5) is 11.4 Å². The van der Waals surface area contributed by atoms with Crippen molar-refractivity contribution < 1.29 is 14.5 Å². The fraction of sp³-hybridized carbons (Fsp3) is 0.0714. The van der Waals surface area contributed by atoms with Gasteiger partial charge in [-0.2, -0.15) is 0 Å². The number of hydrogen-bond donors (Lipinski definition) is 1. The zero-order chi connectivity index (χ0) is 16.3. The quantitative estimate of drug-likeness (QED) is 0.669. The number of nitrogens with zero attached hydrogens (tertiary/aromatic N) is 1. The third-order valence-corrected chi connectivity index (χ3v) is 3.47. The minimum Gasteiger partial charge on any atom is -0.497 e. The van der Waals surface area contributed by atoms with Crippen molar-refractivity contribution in [3.8, 4) is 5.75 Å². The van der Waals surface area contributed by atoms with E-state index in [0.717, 1.165) is 6.07 Å². The molecular weight excluding hydrogens is 331 g/mol. The van der Waals surface area contributed by atoms with Crippen LogP contribution in [-0.2, 0) is 0 Å². The van der Waals surface area contributed by atoms with E-state index in [0.29, 0.717) is 11.4 Å². The molecule has 0 aliphatic carbocycles. The molecule has 0 aliphatic rings. The lowest BCUT2D eigenvalue weighted by atomic mass is 10.2. The molecule has 2 rings (SSSR count). The number of benzene rings is 2. The normalized spacial score (nSPS) is 10.1. The summed E-state index contributed by atoms with van der Waals surface area (Å²) in [6.07, 6.45) is 0. The summed E-state index contributed by atoms with van der Waals surface area (Å²) in [4.78, 5) is 22.4. The number of carbonyl (C=O) groups excluding carboxylic acids is 1. The lowest BCUT2D eigenvalue weighted by Crippen LogP contribution is -2.13. The van der Waals surface area contributed by atoms with Crippen molar-refractivity contribution in [1.82, 2.24) is 0 Å². The second-order valence-electron chi connectivity index (χ2n) is 4.22.